The number of nitrogens with two attached hydrogens (primary N) is 1. The number of fused-ring (bicyclic) bond motifs is 1. The molecule has 0 saturated carbocycles. The number of aromatic nitrogens is 1. The van der Waals surface area contributed by atoms with E-state index in [4.69, 9.17) is 10.5 Å². The molecule has 1 aromatic heterocycles. The summed E-state index contributed by atoms with van der Waals surface area (Å²) in [5.74, 6) is -1.32. The van der Waals surface area contributed by atoms with E-state index in [0.717, 1.165) is 22.7 Å². The van der Waals surface area contributed by atoms with Crippen LogP contribution in [0.2, 0.25) is 0 Å². The minimum absolute atomic E-state index is 0.0373. The van der Waals surface area contributed by atoms with Gasteiger partial charge in [-0.15, -0.1) is 0 Å². The summed E-state index contributed by atoms with van der Waals surface area (Å²) in [6, 6.07) is 14.3. The van der Waals surface area contributed by atoms with Crippen LogP contribution < -0.4 is 11.1 Å². The van der Waals surface area contributed by atoms with Gasteiger partial charge in [0.25, 0.3) is 5.91 Å². The van der Waals surface area contributed by atoms with Crippen molar-refractivity contribution in [3.05, 3.63) is 77.2 Å². The number of para-hydroxylation sites is 2. The Kier molecular flexibility index (Phi) is 7.63. The summed E-state index contributed by atoms with van der Waals surface area (Å²) in [5.41, 5.74) is 6.56. The Hall–Kier alpha value is -4.08. The van der Waals surface area contributed by atoms with Crippen molar-refractivity contribution in [1.82, 2.24) is 9.88 Å². The summed E-state index contributed by atoms with van der Waals surface area (Å²) in [6.07, 6.45) is -4.59. The minimum Gasteiger partial charge on any atom is -0.454 e. The zero-order chi connectivity index (χ0) is 25.8. The van der Waals surface area contributed by atoms with Crippen molar-refractivity contribution in [2.45, 2.75) is 33.5 Å². The number of rotatable bonds is 7. The van der Waals surface area contributed by atoms with Gasteiger partial charge in [-0.05, 0) is 50.4 Å². The number of nitrogens with one attached hydrogen (secondary N) is 1. The Bertz CT molecular complexity index is 1320. The molecule has 0 radical (unpaired) electrons. The maximum Gasteiger partial charge on any atom is 0.418 e. The van der Waals surface area contributed by atoms with Gasteiger partial charge < -0.3 is 20.4 Å². The summed E-state index contributed by atoms with van der Waals surface area (Å²) in [5, 5.41) is 3.45. The number of ether oxygens (including phenoxy) is 1. The van der Waals surface area contributed by atoms with Crippen LogP contribution in [0.4, 0.5) is 18.9 Å². The van der Waals surface area contributed by atoms with Gasteiger partial charge in [0.05, 0.1) is 22.7 Å². The quantitative estimate of drug-likeness (QED) is 0.376. The van der Waals surface area contributed by atoms with Gasteiger partial charge in [0.2, 0.25) is 0 Å². The van der Waals surface area contributed by atoms with Gasteiger partial charge in [-0.1, -0.05) is 30.3 Å². The second kappa shape index (κ2) is 10.5. The van der Waals surface area contributed by atoms with Crippen LogP contribution in [0.3, 0.4) is 0 Å². The zero-order valence-corrected chi connectivity index (χ0v) is 19.4. The Morgan fingerprint density at radius 1 is 1.09 bits per heavy atom. The third-order valence-electron chi connectivity index (χ3n) is 5.19. The molecule has 0 unspecified atom stereocenters. The first kappa shape index (κ1) is 25.5. The van der Waals surface area contributed by atoms with Crippen LogP contribution in [-0.4, -0.2) is 28.8 Å². The largest absolute Gasteiger partial charge is 0.454 e. The highest BCUT2D eigenvalue weighted by Gasteiger charge is 2.33. The molecule has 0 aliphatic rings. The first-order valence-corrected chi connectivity index (χ1v) is 10.7. The predicted molar refractivity (Wildman–Crippen MR) is 127 cm³/mol. The van der Waals surface area contributed by atoms with Crippen LogP contribution in [0.15, 0.2) is 71.0 Å². The number of esters is 1. The zero-order valence-electron chi connectivity index (χ0n) is 19.4. The van der Waals surface area contributed by atoms with E-state index in [0.29, 0.717) is 0 Å². The Morgan fingerprint density at radius 3 is 2.43 bits per heavy atom. The molecule has 2 aromatic carbocycles. The molecule has 0 spiro atoms. The van der Waals surface area contributed by atoms with Crippen molar-refractivity contribution in [3.63, 3.8) is 0 Å². The third kappa shape index (κ3) is 6.28. The van der Waals surface area contributed by atoms with Crippen LogP contribution in [-0.2, 0) is 27.0 Å². The van der Waals surface area contributed by atoms with Crippen molar-refractivity contribution in [3.8, 4) is 0 Å². The van der Waals surface area contributed by atoms with Gasteiger partial charge in [0.15, 0.2) is 6.61 Å². The summed E-state index contributed by atoms with van der Waals surface area (Å²) in [6.45, 7) is 4.07. The van der Waals surface area contributed by atoms with Gasteiger partial charge in [-0.25, -0.2) is 0 Å². The van der Waals surface area contributed by atoms with Crippen molar-refractivity contribution < 1.29 is 27.5 Å². The van der Waals surface area contributed by atoms with Crippen LogP contribution in [0, 0.1) is 6.92 Å². The molecule has 1 heterocycles. The van der Waals surface area contributed by atoms with Gasteiger partial charge in [0.1, 0.15) is 6.54 Å². The van der Waals surface area contributed by atoms with Crippen molar-refractivity contribution in [2.75, 3.05) is 6.61 Å². The molecule has 3 N–H and O–H groups in total. The molecule has 0 bridgehead atoms. The second-order valence-corrected chi connectivity index (χ2v) is 7.91. The lowest BCUT2D eigenvalue weighted by molar-refractivity contribution is -0.148. The molecule has 0 fully saturated rings. The molecular formula is C25H25F3N4O3. The lowest BCUT2D eigenvalue weighted by Crippen LogP contribution is -2.33. The van der Waals surface area contributed by atoms with Gasteiger partial charge >= 0.3 is 12.1 Å². The Balaban J connectivity index is 1.67. The first-order valence-electron chi connectivity index (χ1n) is 10.7. The van der Waals surface area contributed by atoms with E-state index in [1.165, 1.54) is 32.0 Å². The van der Waals surface area contributed by atoms with Gasteiger partial charge in [-0.3, -0.25) is 14.6 Å². The topological polar surface area (TPSA) is 98.7 Å². The number of benzene rings is 2. The SMILES string of the molecule is CC(=Nc1ccccc1C(F)(F)F)C(NC(=O)COC(=O)Cn1c(C)cc2ccccc21)=C(C)N. The number of aliphatic imine (C=N–C) groups is 1. The summed E-state index contributed by atoms with van der Waals surface area (Å²) in [4.78, 5) is 28.8. The molecule has 0 atom stereocenters. The number of hydrogen-bond donors (Lipinski definition) is 2. The normalized spacial score (nSPS) is 12.9. The second-order valence-electron chi connectivity index (χ2n) is 7.91. The number of carbonyl (C=O) groups is 2. The van der Waals surface area contributed by atoms with E-state index in [1.807, 2.05) is 37.3 Å². The van der Waals surface area contributed by atoms with Crippen LogP contribution in [0.25, 0.3) is 10.9 Å². The van der Waals surface area contributed by atoms with Crippen LogP contribution in [0.1, 0.15) is 25.1 Å². The molecule has 1 amide bonds. The third-order valence-corrected chi connectivity index (χ3v) is 5.19. The van der Waals surface area contributed by atoms with E-state index in [9.17, 15) is 22.8 Å². The molecule has 3 aromatic rings. The molecule has 0 aliphatic carbocycles. The summed E-state index contributed by atoms with van der Waals surface area (Å²) in [7, 11) is 0. The smallest absolute Gasteiger partial charge is 0.418 e. The van der Waals surface area contributed by atoms with Gasteiger partial charge in [0, 0.05) is 16.9 Å². The number of hydrogen-bond acceptors (Lipinski definition) is 5. The van der Waals surface area contributed by atoms with E-state index in [-0.39, 0.29) is 29.3 Å². The van der Waals surface area contributed by atoms with Crippen LogP contribution >= 0.6 is 0 Å². The van der Waals surface area contributed by atoms with Crippen molar-refractivity contribution in [2.24, 2.45) is 10.7 Å². The molecule has 35 heavy (non-hydrogen) atoms. The fraction of sp³-hybridized carbons (Fsp3) is 0.240. The van der Waals surface area contributed by atoms with Gasteiger partial charge in [-0.2, -0.15) is 13.2 Å². The van der Waals surface area contributed by atoms with E-state index in [1.54, 1.807) is 4.57 Å². The first-order chi connectivity index (χ1) is 16.5. The number of carbonyl (C=O) groups excluding carboxylic acids is 2. The molecule has 184 valence electrons. The lowest BCUT2D eigenvalue weighted by atomic mass is 10.1. The molecule has 7 nitrogen and oxygen atoms in total. The number of nitrogens with zero attached hydrogens (tertiary/aromatic N) is 2. The van der Waals surface area contributed by atoms with E-state index < -0.39 is 30.2 Å². The number of amides is 1. The molecule has 0 saturated heterocycles. The molecule has 10 heteroatoms. The summed E-state index contributed by atoms with van der Waals surface area (Å²) < 4.78 is 46.7. The van der Waals surface area contributed by atoms with Crippen molar-refractivity contribution >= 4 is 34.2 Å². The van der Waals surface area contributed by atoms with Crippen molar-refractivity contribution in [1.29, 1.82) is 0 Å². The van der Waals surface area contributed by atoms with E-state index >= 15 is 0 Å². The fourth-order valence-electron chi connectivity index (χ4n) is 3.58. The van der Waals surface area contributed by atoms with Crippen LogP contribution in [0.5, 0.6) is 0 Å². The highest BCUT2D eigenvalue weighted by Crippen LogP contribution is 2.36. The number of allylic oxidation sites excluding steroid dienone is 2. The standard InChI is InChI=1S/C25H25F3N4O3/c1-15-12-18-8-4-7-11-21(18)32(15)13-23(34)35-14-22(33)31-24(16(2)29)17(3)30-20-10-6-5-9-19(20)25(26,27)28/h4-12H,13-14,29H2,1-3H3,(H,31,33). The Morgan fingerprint density at radius 2 is 1.74 bits per heavy atom. The Labute approximate surface area is 200 Å². The minimum atomic E-state index is -4.59. The molecule has 0 aliphatic heterocycles. The predicted octanol–water partition coefficient (Wildman–Crippen LogP) is 4.61. The number of halogens is 3. The maximum absolute atomic E-state index is 13.3. The number of alkyl halides is 3. The fourth-order valence-corrected chi connectivity index (χ4v) is 3.58. The molecular weight excluding hydrogens is 461 g/mol. The highest BCUT2D eigenvalue weighted by atomic mass is 19.4. The highest BCUT2D eigenvalue weighted by molar-refractivity contribution is 6.03. The van der Waals surface area contributed by atoms with E-state index in [2.05, 4.69) is 10.3 Å². The average molecular weight is 486 g/mol. The lowest BCUT2D eigenvalue weighted by Gasteiger charge is -2.14. The maximum atomic E-state index is 13.3. The summed E-state index contributed by atoms with van der Waals surface area (Å²) >= 11 is 0. The monoisotopic (exact) mass is 486 g/mol. The number of aryl methyl sites for hydroxylation is 1. The average Bonchev–Trinajstić information content (AvgIpc) is 3.10. The molecule has 3 rings (SSSR count).